The van der Waals surface area contributed by atoms with Gasteiger partial charge >= 0.3 is 0 Å². The maximum absolute atomic E-state index is 3.77. The SMILES string of the molecule is CC(C)CCCC(C)CCC(CCC(C)CCCC(C)C)n1c2cc(Br)ccc2c2ccc(Br)cc21. The van der Waals surface area contributed by atoms with E-state index in [9.17, 15) is 0 Å². The van der Waals surface area contributed by atoms with Gasteiger partial charge in [-0.2, -0.15) is 0 Å². The van der Waals surface area contributed by atoms with Gasteiger partial charge in [0.05, 0.1) is 11.0 Å². The van der Waals surface area contributed by atoms with Crippen LogP contribution < -0.4 is 0 Å². The third-order valence-electron chi connectivity index (χ3n) is 8.04. The second-order valence-corrected chi connectivity index (χ2v) is 14.2. The summed E-state index contributed by atoms with van der Waals surface area (Å²) in [6.07, 6.45) is 13.3. The first-order valence-corrected chi connectivity index (χ1v) is 16.1. The molecule has 1 aromatic heterocycles. The number of benzene rings is 2. The Morgan fingerprint density at radius 3 is 1.36 bits per heavy atom. The topological polar surface area (TPSA) is 4.93 Å². The average Bonchev–Trinajstić information content (AvgIpc) is 3.11. The van der Waals surface area contributed by atoms with Gasteiger partial charge in [-0.25, -0.2) is 0 Å². The molecular formula is C33H49Br2N. The molecule has 1 heterocycles. The van der Waals surface area contributed by atoms with Crippen molar-refractivity contribution in [2.45, 2.75) is 112 Å². The molecule has 0 spiro atoms. The highest BCUT2D eigenvalue weighted by Crippen LogP contribution is 2.39. The number of hydrogen-bond acceptors (Lipinski definition) is 0. The van der Waals surface area contributed by atoms with Gasteiger partial charge < -0.3 is 4.57 Å². The normalized spacial score (nSPS) is 14.8. The van der Waals surface area contributed by atoms with Crippen molar-refractivity contribution >= 4 is 53.7 Å². The Morgan fingerprint density at radius 2 is 0.972 bits per heavy atom. The largest absolute Gasteiger partial charge is 0.337 e. The highest BCUT2D eigenvalue weighted by Gasteiger charge is 2.21. The molecule has 0 aliphatic heterocycles. The Hall–Kier alpha value is -0.800. The Kier molecular flexibility index (Phi) is 11.9. The highest BCUT2D eigenvalue weighted by molar-refractivity contribution is 9.10. The molecule has 0 aliphatic carbocycles. The van der Waals surface area contributed by atoms with E-state index in [1.165, 1.54) is 95.0 Å². The van der Waals surface area contributed by atoms with Crippen molar-refractivity contribution in [2.75, 3.05) is 0 Å². The molecule has 2 aromatic carbocycles. The number of fused-ring (bicyclic) bond motifs is 3. The van der Waals surface area contributed by atoms with Crippen LogP contribution in [0, 0.1) is 23.7 Å². The van der Waals surface area contributed by atoms with E-state index in [1.54, 1.807) is 0 Å². The summed E-state index contributed by atoms with van der Waals surface area (Å²) in [5.74, 6) is 3.22. The van der Waals surface area contributed by atoms with Gasteiger partial charge in [-0.1, -0.05) is 124 Å². The number of nitrogens with zero attached hydrogens (tertiary/aromatic N) is 1. The van der Waals surface area contributed by atoms with Gasteiger partial charge in [0.15, 0.2) is 0 Å². The van der Waals surface area contributed by atoms with Crippen molar-refractivity contribution < 1.29 is 0 Å². The zero-order chi connectivity index (χ0) is 26.2. The molecule has 0 aliphatic rings. The molecule has 3 rings (SSSR count). The van der Waals surface area contributed by atoms with Crippen LogP contribution in [0.15, 0.2) is 45.3 Å². The molecule has 1 nitrogen and oxygen atoms in total. The van der Waals surface area contributed by atoms with Crippen LogP contribution in [0.2, 0.25) is 0 Å². The fraction of sp³-hybridized carbons (Fsp3) is 0.636. The van der Waals surface area contributed by atoms with E-state index in [2.05, 4.69) is 114 Å². The van der Waals surface area contributed by atoms with Gasteiger partial charge in [-0.05, 0) is 73.6 Å². The van der Waals surface area contributed by atoms with Gasteiger partial charge in [0.2, 0.25) is 0 Å². The Labute approximate surface area is 238 Å². The van der Waals surface area contributed by atoms with Crippen LogP contribution in [0.25, 0.3) is 21.8 Å². The first-order chi connectivity index (χ1) is 17.2. The van der Waals surface area contributed by atoms with Crippen molar-refractivity contribution in [3.63, 3.8) is 0 Å². The first-order valence-electron chi connectivity index (χ1n) is 14.5. The number of hydrogen-bond donors (Lipinski definition) is 0. The van der Waals surface area contributed by atoms with Crippen molar-refractivity contribution in [1.29, 1.82) is 0 Å². The number of rotatable bonds is 15. The molecule has 200 valence electrons. The van der Waals surface area contributed by atoms with Crippen LogP contribution in [0.5, 0.6) is 0 Å². The van der Waals surface area contributed by atoms with E-state index in [0.717, 1.165) is 23.7 Å². The lowest BCUT2D eigenvalue weighted by Gasteiger charge is -2.25. The molecule has 2 unspecified atom stereocenters. The molecular weight excluding hydrogens is 570 g/mol. The predicted molar refractivity (Wildman–Crippen MR) is 168 cm³/mol. The van der Waals surface area contributed by atoms with Crippen molar-refractivity contribution in [3.05, 3.63) is 45.3 Å². The fourth-order valence-electron chi connectivity index (χ4n) is 5.78. The van der Waals surface area contributed by atoms with Crippen LogP contribution in [-0.2, 0) is 0 Å². The van der Waals surface area contributed by atoms with E-state index in [-0.39, 0.29) is 0 Å². The summed E-state index contributed by atoms with van der Waals surface area (Å²) in [6.45, 7) is 14.3. The predicted octanol–water partition coefficient (Wildman–Crippen LogP) is 12.3. The van der Waals surface area contributed by atoms with Crippen molar-refractivity contribution in [2.24, 2.45) is 23.7 Å². The van der Waals surface area contributed by atoms with Gasteiger partial charge in [-0.15, -0.1) is 0 Å². The minimum absolute atomic E-state index is 0.536. The summed E-state index contributed by atoms with van der Waals surface area (Å²) in [5, 5.41) is 2.75. The third-order valence-corrected chi connectivity index (χ3v) is 9.02. The standard InChI is InChI=1S/C33H49Br2N/c1-23(2)9-7-11-25(5)13-17-29(18-14-26(6)12-8-10-24(3)4)36-32-21-27(34)15-19-30(32)31-20-16-28(35)22-33(31)36/h15-16,19-26,29H,7-14,17-18H2,1-6H3. The zero-order valence-electron chi connectivity index (χ0n) is 23.6. The minimum atomic E-state index is 0.536. The lowest BCUT2D eigenvalue weighted by molar-refractivity contribution is 0.337. The molecule has 0 N–H and O–H groups in total. The summed E-state index contributed by atoms with van der Waals surface area (Å²) in [6, 6.07) is 14.2. The van der Waals surface area contributed by atoms with Crippen LogP contribution in [0.1, 0.15) is 112 Å². The summed E-state index contributed by atoms with van der Waals surface area (Å²) in [4.78, 5) is 0. The van der Waals surface area contributed by atoms with Gasteiger partial charge in [0.25, 0.3) is 0 Å². The Bertz CT molecular complexity index is 997. The molecule has 2 atom stereocenters. The van der Waals surface area contributed by atoms with E-state index in [0.29, 0.717) is 6.04 Å². The molecule has 0 saturated heterocycles. The molecule has 0 amide bonds. The van der Waals surface area contributed by atoms with Crippen molar-refractivity contribution in [1.82, 2.24) is 4.57 Å². The molecule has 0 fully saturated rings. The molecule has 0 bridgehead atoms. The summed E-state index contributed by atoms with van der Waals surface area (Å²) >= 11 is 7.54. The minimum Gasteiger partial charge on any atom is -0.337 e. The average molecular weight is 620 g/mol. The monoisotopic (exact) mass is 617 g/mol. The van der Waals surface area contributed by atoms with E-state index >= 15 is 0 Å². The van der Waals surface area contributed by atoms with Crippen LogP contribution in [0.4, 0.5) is 0 Å². The number of aromatic nitrogens is 1. The molecule has 0 saturated carbocycles. The van der Waals surface area contributed by atoms with Crippen LogP contribution in [-0.4, -0.2) is 4.57 Å². The van der Waals surface area contributed by atoms with Gasteiger partial charge in [0.1, 0.15) is 0 Å². The fourth-order valence-corrected chi connectivity index (χ4v) is 6.48. The van der Waals surface area contributed by atoms with Crippen molar-refractivity contribution in [3.8, 4) is 0 Å². The molecule has 0 radical (unpaired) electrons. The second kappa shape index (κ2) is 14.4. The first kappa shape index (κ1) is 29.8. The summed E-state index contributed by atoms with van der Waals surface area (Å²) < 4.78 is 5.03. The summed E-state index contributed by atoms with van der Waals surface area (Å²) in [5.41, 5.74) is 2.75. The Morgan fingerprint density at radius 1 is 0.556 bits per heavy atom. The Balaban J connectivity index is 1.86. The third kappa shape index (κ3) is 8.62. The highest BCUT2D eigenvalue weighted by atomic mass is 79.9. The number of halogens is 2. The van der Waals surface area contributed by atoms with Crippen LogP contribution in [0.3, 0.4) is 0 Å². The lowest BCUT2D eigenvalue weighted by Crippen LogP contribution is -2.13. The summed E-state index contributed by atoms with van der Waals surface area (Å²) in [7, 11) is 0. The van der Waals surface area contributed by atoms with E-state index in [4.69, 9.17) is 0 Å². The molecule has 3 heteroatoms. The van der Waals surface area contributed by atoms with E-state index in [1.807, 2.05) is 0 Å². The lowest BCUT2D eigenvalue weighted by atomic mass is 9.90. The zero-order valence-corrected chi connectivity index (χ0v) is 26.8. The van der Waals surface area contributed by atoms with E-state index < -0.39 is 0 Å². The maximum atomic E-state index is 3.77. The van der Waals surface area contributed by atoms with Gasteiger partial charge in [-0.3, -0.25) is 0 Å². The quantitative estimate of drug-likeness (QED) is 0.160. The maximum Gasteiger partial charge on any atom is 0.0505 e. The van der Waals surface area contributed by atoms with Gasteiger partial charge in [0, 0.05) is 25.8 Å². The second-order valence-electron chi connectivity index (χ2n) is 12.4. The molecule has 36 heavy (non-hydrogen) atoms. The smallest absolute Gasteiger partial charge is 0.0505 e. The molecule has 3 aromatic rings. The van der Waals surface area contributed by atoms with Crippen LogP contribution >= 0.6 is 31.9 Å².